The molecule has 1 aromatic rings. The second kappa shape index (κ2) is 7.11. The van der Waals surface area contributed by atoms with Crippen molar-refractivity contribution in [3.05, 3.63) is 35.4 Å². The molecule has 21 heavy (non-hydrogen) atoms. The molecule has 2 nitrogen and oxygen atoms in total. The fourth-order valence-electron chi connectivity index (χ4n) is 3.43. The summed E-state index contributed by atoms with van der Waals surface area (Å²) in [5.74, 6) is 7.75. The SMILES string of the molecule is Cc1ccc(C#CC(C2CCCC2)N2CCOCC2)cc1. The van der Waals surface area contributed by atoms with E-state index in [4.69, 9.17) is 4.74 Å². The van der Waals surface area contributed by atoms with E-state index in [1.54, 1.807) is 0 Å². The van der Waals surface area contributed by atoms with Crippen molar-refractivity contribution >= 4 is 0 Å². The van der Waals surface area contributed by atoms with Gasteiger partial charge in [0.1, 0.15) is 0 Å². The van der Waals surface area contributed by atoms with E-state index in [2.05, 4.69) is 47.9 Å². The van der Waals surface area contributed by atoms with Crippen molar-refractivity contribution in [1.29, 1.82) is 0 Å². The van der Waals surface area contributed by atoms with E-state index in [1.165, 1.54) is 31.2 Å². The molecule has 0 N–H and O–H groups in total. The van der Waals surface area contributed by atoms with Gasteiger partial charge in [-0.1, -0.05) is 42.4 Å². The molecule has 0 amide bonds. The van der Waals surface area contributed by atoms with Crippen molar-refractivity contribution in [3.8, 4) is 11.8 Å². The Bertz CT molecular complexity index is 499. The Hall–Kier alpha value is -1.30. The highest BCUT2D eigenvalue weighted by Crippen LogP contribution is 2.30. The van der Waals surface area contributed by atoms with Crippen molar-refractivity contribution < 1.29 is 4.74 Å². The van der Waals surface area contributed by atoms with Crippen LogP contribution in [-0.2, 0) is 4.74 Å². The topological polar surface area (TPSA) is 12.5 Å². The molecule has 0 aromatic heterocycles. The van der Waals surface area contributed by atoms with Gasteiger partial charge in [0, 0.05) is 18.7 Å². The molecule has 3 rings (SSSR count). The normalized spacial score (nSPS) is 21.8. The zero-order valence-electron chi connectivity index (χ0n) is 13.0. The van der Waals surface area contributed by atoms with Crippen LogP contribution in [0.1, 0.15) is 36.8 Å². The van der Waals surface area contributed by atoms with Crippen LogP contribution in [0.3, 0.4) is 0 Å². The van der Waals surface area contributed by atoms with Gasteiger partial charge in [0.25, 0.3) is 0 Å². The smallest absolute Gasteiger partial charge is 0.0748 e. The molecule has 112 valence electrons. The first kappa shape index (κ1) is 14.6. The van der Waals surface area contributed by atoms with Gasteiger partial charge in [0.2, 0.25) is 0 Å². The summed E-state index contributed by atoms with van der Waals surface area (Å²) in [5.41, 5.74) is 2.43. The van der Waals surface area contributed by atoms with Gasteiger partial charge in [0.15, 0.2) is 0 Å². The number of hydrogen-bond acceptors (Lipinski definition) is 2. The van der Waals surface area contributed by atoms with Crippen LogP contribution in [0.5, 0.6) is 0 Å². The minimum atomic E-state index is 0.415. The summed E-state index contributed by atoms with van der Waals surface area (Å²) in [6.07, 6.45) is 5.42. The summed E-state index contributed by atoms with van der Waals surface area (Å²) in [6.45, 7) is 5.89. The van der Waals surface area contributed by atoms with Gasteiger partial charge >= 0.3 is 0 Å². The Balaban J connectivity index is 1.76. The summed E-state index contributed by atoms with van der Waals surface area (Å²) in [6, 6.07) is 8.96. The maximum atomic E-state index is 5.50. The minimum Gasteiger partial charge on any atom is -0.379 e. The Morgan fingerprint density at radius 2 is 1.76 bits per heavy atom. The first-order chi connectivity index (χ1) is 10.3. The lowest BCUT2D eigenvalue weighted by Crippen LogP contribution is -2.45. The van der Waals surface area contributed by atoms with Crippen LogP contribution in [0.25, 0.3) is 0 Å². The minimum absolute atomic E-state index is 0.415. The average Bonchev–Trinajstić information content (AvgIpc) is 3.05. The molecule has 1 saturated carbocycles. The first-order valence-electron chi connectivity index (χ1n) is 8.23. The second-order valence-corrected chi connectivity index (χ2v) is 6.27. The summed E-state index contributed by atoms with van der Waals surface area (Å²) >= 11 is 0. The second-order valence-electron chi connectivity index (χ2n) is 6.27. The van der Waals surface area contributed by atoms with Crippen LogP contribution in [0.15, 0.2) is 24.3 Å². The number of nitrogens with zero attached hydrogens (tertiary/aromatic N) is 1. The molecule has 2 fully saturated rings. The summed E-state index contributed by atoms with van der Waals surface area (Å²) in [5, 5.41) is 0. The van der Waals surface area contributed by atoms with Crippen LogP contribution in [-0.4, -0.2) is 37.2 Å². The molecule has 1 heterocycles. The maximum absolute atomic E-state index is 5.50. The van der Waals surface area contributed by atoms with Gasteiger partial charge in [-0.05, 0) is 37.8 Å². The van der Waals surface area contributed by atoms with Crippen molar-refractivity contribution in [1.82, 2.24) is 4.90 Å². The van der Waals surface area contributed by atoms with Crippen molar-refractivity contribution in [2.75, 3.05) is 26.3 Å². The van der Waals surface area contributed by atoms with Gasteiger partial charge in [0.05, 0.1) is 19.3 Å². The molecule has 0 spiro atoms. The highest BCUT2D eigenvalue weighted by molar-refractivity contribution is 5.37. The molecule has 2 aliphatic rings. The Labute approximate surface area is 128 Å². The fourth-order valence-corrected chi connectivity index (χ4v) is 3.43. The monoisotopic (exact) mass is 283 g/mol. The third-order valence-corrected chi connectivity index (χ3v) is 4.70. The zero-order valence-corrected chi connectivity index (χ0v) is 13.0. The molecule has 0 bridgehead atoms. The summed E-state index contributed by atoms with van der Waals surface area (Å²) in [4.78, 5) is 2.54. The number of benzene rings is 1. The first-order valence-corrected chi connectivity index (χ1v) is 8.23. The van der Waals surface area contributed by atoms with Crippen molar-refractivity contribution in [2.24, 2.45) is 5.92 Å². The number of rotatable bonds is 2. The predicted molar refractivity (Wildman–Crippen MR) is 86.2 cm³/mol. The van der Waals surface area contributed by atoms with Crippen LogP contribution >= 0.6 is 0 Å². The molecule has 1 aliphatic carbocycles. The number of ether oxygens (including phenoxy) is 1. The largest absolute Gasteiger partial charge is 0.379 e. The summed E-state index contributed by atoms with van der Waals surface area (Å²) in [7, 11) is 0. The Kier molecular flexibility index (Phi) is 4.95. The van der Waals surface area contributed by atoms with Gasteiger partial charge in [-0.25, -0.2) is 0 Å². The van der Waals surface area contributed by atoms with E-state index < -0.39 is 0 Å². The molecule has 0 radical (unpaired) electrons. The summed E-state index contributed by atoms with van der Waals surface area (Å²) < 4.78 is 5.50. The van der Waals surface area contributed by atoms with Gasteiger partial charge in [-0.3, -0.25) is 4.90 Å². The van der Waals surface area contributed by atoms with Crippen LogP contribution in [0, 0.1) is 24.7 Å². The molecule has 1 unspecified atom stereocenters. The van der Waals surface area contributed by atoms with Gasteiger partial charge in [-0.15, -0.1) is 0 Å². The Morgan fingerprint density at radius 3 is 2.43 bits per heavy atom. The molecule has 1 saturated heterocycles. The lowest BCUT2D eigenvalue weighted by molar-refractivity contribution is 0.0169. The van der Waals surface area contributed by atoms with E-state index in [0.717, 1.165) is 37.8 Å². The Morgan fingerprint density at radius 1 is 1.10 bits per heavy atom. The van der Waals surface area contributed by atoms with Crippen molar-refractivity contribution in [2.45, 2.75) is 38.6 Å². The number of aryl methyl sites for hydroxylation is 1. The van der Waals surface area contributed by atoms with E-state index in [9.17, 15) is 0 Å². The molecular formula is C19H25NO. The van der Waals surface area contributed by atoms with Crippen LogP contribution < -0.4 is 0 Å². The average molecular weight is 283 g/mol. The zero-order chi connectivity index (χ0) is 14.5. The highest BCUT2D eigenvalue weighted by Gasteiger charge is 2.29. The third-order valence-electron chi connectivity index (χ3n) is 4.70. The van der Waals surface area contributed by atoms with Crippen LogP contribution in [0.2, 0.25) is 0 Å². The van der Waals surface area contributed by atoms with E-state index in [0.29, 0.717) is 6.04 Å². The molecule has 2 heteroatoms. The quantitative estimate of drug-likeness (QED) is 0.773. The van der Waals surface area contributed by atoms with E-state index in [1.807, 2.05) is 0 Å². The van der Waals surface area contributed by atoms with E-state index in [-0.39, 0.29) is 0 Å². The number of morpholine rings is 1. The van der Waals surface area contributed by atoms with Gasteiger partial charge in [-0.2, -0.15) is 0 Å². The lowest BCUT2D eigenvalue weighted by atomic mass is 9.96. The molecule has 1 atom stereocenters. The van der Waals surface area contributed by atoms with Gasteiger partial charge < -0.3 is 4.74 Å². The molecule has 1 aromatic carbocycles. The molecular weight excluding hydrogens is 258 g/mol. The van der Waals surface area contributed by atoms with E-state index >= 15 is 0 Å². The standard InChI is InChI=1S/C19H25NO/c1-16-6-8-17(9-7-16)10-11-19(18-4-2-3-5-18)20-12-14-21-15-13-20/h6-9,18-19H,2-5,12-15H2,1H3. The van der Waals surface area contributed by atoms with Crippen LogP contribution in [0.4, 0.5) is 0 Å². The number of hydrogen-bond donors (Lipinski definition) is 0. The predicted octanol–water partition coefficient (Wildman–Crippen LogP) is 3.24. The van der Waals surface area contributed by atoms with Crippen molar-refractivity contribution in [3.63, 3.8) is 0 Å². The maximum Gasteiger partial charge on any atom is 0.0748 e. The molecule has 1 aliphatic heterocycles. The third kappa shape index (κ3) is 3.87. The fraction of sp³-hybridized carbons (Fsp3) is 0.579. The lowest BCUT2D eigenvalue weighted by Gasteiger charge is -2.34. The highest BCUT2D eigenvalue weighted by atomic mass is 16.5.